The summed E-state index contributed by atoms with van der Waals surface area (Å²) >= 11 is 7.45. The quantitative estimate of drug-likeness (QED) is 0.291. The van der Waals surface area contributed by atoms with Crippen LogP contribution in [0.4, 0.5) is 5.69 Å². The fourth-order valence-electron chi connectivity index (χ4n) is 5.32. The first-order valence-corrected chi connectivity index (χ1v) is 17.6. The molecule has 1 amide bonds. The second kappa shape index (κ2) is 13.4. The van der Waals surface area contributed by atoms with Crippen LogP contribution in [0.3, 0.4) is 0 Å². The van der Waals surface area contributed by atoms with E-state index >= 15 is 0 Å². The second-order valence-corrected chi connectivity index (χ2v) is 15.6. The molecule has 1 aliphatic rings. The monoisotopic (exact) mass is 674 g/mol. The third kappa shape index (κ3) is 6.88. The summed E-state index contributed by atoms with van der Waals surface area (Å²) in [4.78, 5) is 27.7. The van der Waals surface area contributed by atoms with Crippen LogP contribution in [0.1, 0.15) is 56.7 Å². The number of halogens is 1. The molecule has 1 fully saturated rings. The van der Waals surface area contributed by atoms with E-state index < -0.39 is 21.5 Å². The molecule has 2 heterocycles. The summed E-state index contributed by atoms with van der Waals surface area (Å²) in [6.07, 6.45) is 4.32. The van der Waals surface area contributed by atoms with Crippen molar-refractivity contribution in [2.45, 2.75) is 57.3 Å². The molecular weight excluding hydrogens is 640 g/mol. The highest BCUT2D eigenvalue weighted by molar-refractivity contribution is 7.89. The Balaban J connectivity index is 1.62. The lowest BCUT2D eigenvalue weighted by Gasteiger charge is -2.26. The molecule has 0 saturated carbocycles. The number of hydrogen-bond acceptors (Lipinski definition) is 6. The van der Waals surface area contributed by atoms with Crippen molar-refractivity contribution in [1.82, 2.24) is 8.87 Å². The molecule has 3 aromatic carbocycles. The molecule has 1 saturated heterocycles. The SMILES string of the molecule is Cc1c(Cl)cccc1-n1c(=O)/c(=C/c2ccc(C(C)(C)C)cc2)s/c1=C(/C#N)C(=O)Nc1cccc(S(=O)(=O)N2CCCCC2)c1. The van der Waals surface area contributed by atoms with Crippen molar-refractivity contribution in [2.24, 2.45) is 0 Å². The van der Waals surface area contributed by atoms with Crippen molar-refractivity contribution in [2.75, 3.05) is 18.4 Å². The van der Waals surface area contributed by atoms with Gasteiger partial charge in [0.1, 0.15) is 10.7 Å². The molecule has 0 atom stereocenters. The van der Waals surface area contributed by atoms with Crippen LogP contribution in [0.25, 0.3) is 17.3 Å². The Bertz CT molecular complexity index is 2130. The van der Waals surface area contributed by atoms with Crippen LogP contribution in [0.15, 0.2) is 76.4 Å². The number of hydrogen-bond donors (Lipinski definition) is 1. The molecular formula is C35H35ClN4O4S2. The summed E-state index contributed by atoms with van der Waals surface area (Å²) < 4.78 is 29.8. The van der Waals surface area contributed by atoms with E-state index in [2.05, 4.69) is 26.1 Å². The number of carbonyl (C=O) groups excluding carboxylic acids is 1. The van der Waals surface area contributed by atoms with Crippen molar-refractivity contribution >= 4 is 56.2 Å². The van der Waals surface area contributed by atoms with Crippen LogP contribution in [-0.2, 0) is 20.2 Å². The number of rotatable bonds is 6. The predicted molar refractivity (Wildman–Crippen MR) is 184 cm³/mol. The van der Waals surface area contributed by atoms with Gasteiger partial charge in [-0.3, -0.25) is 14.2 Å². The van der Waals surface area contributed by atoms with Crippen molar-refractivity contribution in [3.05, 3.63) is 108 Å². The Hall–Kier alpha value is -4.01. The van der Waals surface area contributed by atoms with Gasteiger partial charge in [0.2, 0.25) is 10.0 Å². The van der Waals surface area contributed by atoms with Crippen LogP contribution in [-0.4, -0.2) is 36.3 Å². The maximum atomic E-state index is 14.0. The molecule has 1 aliphatic heterocycles. The molecule has 0 unspecified atom stereocenters. The van der Waals surface area contributed by atoms with Gasteiger partial charge in [-0.05, 0) is 78.3 Å². The number of sulfonamides is 1. The van der Waals surface area contributed by atoms with E-state index in [0.717, 1.165) is 41.7 Å². The van der Waals surface area contributed by atoms with E-state index in [-0.39, 0.29) is 26.2 Å². The average Bonchev–Trinajstić information content (AvgIpc) is 3.33. The lowest BCUT2D eigenvalue weighted by molar-refractivity contribution is -0.111. The zero-order valence-electron chi connectivity index (χ0n) is 26.1. The molecule has 46 heavy (non-hydrogen) atoms. The number of aromatic nitrogens is 1. The number of thiazole rings is 1. The summed E-state index contributed by atoms with van der Waals surface area (Å²) in [5, 5.41) is 13.4. The van der Waals surface area contributed by atoms with Gasteiger partial charge in [-0.2, -0.15) is 9.57 Å². The molecule has 0 radical (unpaired) electrons. The Morgan fingerprint density at radius 3 is 2.35 bits per heavy atom. The minimum absolute atomic E-state index is 0.0350. The molecule has 238 valence electrons. The first kappa shape index (κ1) is 33.4. The Morgan fingerprint density at radius 1 is 1.02 bits per heavy atom. The Kier molecular flexibility index (Phi) is 9.70. The highest BCUT2D eigenvalue weighted by Crippen LogP contribution is 2.25. The Morgan fingerprint density at radius 2 is 1.70 bits per heavy atom. The molecule has 1 aromatic heterocycles. The first-order chi connectivity index (χ1) is 21.8. The lowest BCUT2D eigenvalue weighted by atomic mass is 9.87. The molecule has 4 aromatic rings. The van der Waals surface area contributed by atoms with Gasteiger partial charge < -0.3 is 5.32 Å². The summed E-state index contributed by atoms with van der Waals surface area (Å²) in [6, 6.07) is 21.0. The van der Waals surface area contributed by atoms with Crippen molar-refractivity contribution in [3.8, 4) is 11.8 Å². The van der Waals surface area contributed by atoms with Gasteiger partial charge in [-0.1, -0.05) is 75.2 Å². The van der Waals surface area contributed by atoms with Gasteiger partial charge in [-0.25, -0.2) is 8.42 Å². The van der Waals surface area contributed by atoms with E-state index in [1.807, 2.05) is 30.3 Å². The molecule has 5 rings (SSSR count). The van der Waals surface area contributed by atoms with E-state index in [0.29, 0.717) is 33.9 Å². The lowest BCUT2D eigenvalue weighted by Crippen LogP contribution is -2.35. The number of nitrogens with zero attached hydrogens (tertiary/aromatic N) is 3. The number of piperidine rings is 1. The van der Waals surface area contributed by atoms with Crippen molar-refractivity contribution in [1.29, 1.82) is 5.26 Å². The summed E-state index contributed by atoms with van der Waals surface area (Å²) in [6.45, 7) is 9.03. The number of nitriles is 1. The number of carbonyl (C=O) groups is 1. The van der Waals surface area contributed by atoms with Crippen molar-refractivity contribution < 1.29 is 13.2 Å². The molecule has 1 N–H and O–H groups in total. The van der Waals surface area contributed by atoms with E-state index in [4.69, 9.17) is 11.6 Å². The van der Waals surface area contributed by atoms with E-state index in [9.17, 15) is 23.3 Å². The molecule has 8 nitrogen and oxygen atoms in total. The van der Waals surface area contributed by atoms with E-state index in [1.54, 1.807) is 43.3 Å². The first-order valence-electron chi connectivity index (χ1n) is 15.0. The average molecular weight is 675 g/mol. The maximum absolute atomic E-state index is 14.0. The third-order valence-corrected chi connectivity index (χ3v) is 11.4. The number of anilines is 1. The standard InChI is InChI=1S/C35H35ClN4O4S2/c1-23-29(36)12-9-13-30(23)40-33(42)31(20-24-14-16-25(17-15-24)35(2,3)4)45-34(40)28(22-37)32(41)38-26-10-8-11-27(21-26)46(43,44)39-18-6-5-7-19-39/h8-17,20-21H,5-7,18-19H2,1-4H3,(H,38,41)/b31-20-,34-28-. The minimum atomic E-state index is -3.74. The van der Waals surface area contributed by atoms with Gasteiger partial charge in [-0.15, -0.1) is 11.3 Å². The fraction of sp³-hybridized carbons (Fsp3) is 0.286. The highest BCUT2D eigenvalue weighted by atomic mass is 35.5. The minimum Gasteiger partial charge on any atom is -0.321 e. The topological polar surface area (TPSA) is 112 Å². The third-order valence-electron chi connectivity index (χ3n) is 7.98. The van der Waals surface area contributed by atoms with Gasteiger partial charge in [0, 0.05) is 23.8 Å². The van der Waals surface area contributed by atoms with Crippen molar-refractivity contribution in [3.63, 3.8) is 0 Å². The normalized spacial score (nSPS) is 15.3. The number of benzene rings is 3. The van der Waals surface area contributed by atoms with Crippen LogP contribution >= 0.6 is 22.9 Å². The summed E-state index contributed by atoms with van der Waals surface area (Å²) in [7, 11) is -3.74. The molecule has 0 spiro atoms. The van der Waals surface area contributed by atoms with Crippen LogP contribution < -0.4 is 20.1 Å². The smallest absolute Gasteiger partial charge is 0.273 e. The number of nitrogens with one attached hydrogen (secondary N) is 1. The van der Waals surface area contributed by atoms with Gasteiger partial charge in [0.05, 0.1) is 15.1 Å². The maximum Gasteiger partial charge on any atom is 0.273 e. The molecule has 0 bridgehead atoms. The zero-order valence-corrected chi connectivity index (χ0v) is 28.5. The largest absolute Gasteiger partial charge is 0.321 e. The second-order valence-electron chi connectivity index (χ2n) is 12.2. The van der Waals surface area contributed by atoms with Crippen LogP contribution in [0, 0.1) is 18.3 Å². The fourth-order valence-corrected chi connectivity index (χ4v) is 8.14. The van der Waals surface area contributed by atoms with Gasteiger partial charge >= 0.3 is 0 Å². The predicted octanol–water partition coefficient (Wildman–Crippen LogP) is 5.47. The van der Waals surface area contributed by atoms with Crippen LogP contribution in [0.2, 0.25) is 5.02 Å². The highest BCUT2D eigenvalue weighted by Gasteiger charge is 2.26. The molecule has 11 heteroatoms. The summed E-state index contributed by atoms with van der Waals surface area (Å²) in [5.74, 6) is -0.772. The Labute approximate surface area is 277 Å². The number of amides is 1. The zero-order chi connectivity index (χ0) is 33.2. The summed E-state index contributed by atoms with van der Waals surface area (Å²) in [5.41, 5.74) is 2.48. The molecule has 0 aliphatic carbocycles. The van der Waals surface area contributed by atoms with Gasteiger partial charge in [0.15, 0.2) is 5.57 Å². The van der Waals surface area contributed by atoms with E-state index in [1.165, 1.54) is 21.0 Å². The van der Waals surface area contributed by atoms with Crippen LogP contribution in [0.5, 0.6) is 0 Å². The van der Waals surface area contributed by atoms with Gasteiger partial charge in [0.25, 0.3) is 11.5 Å².